The summed E-state index contributed by atoms with van der Waals surface area (Å²) in [6.45, 7) is 4.23. The number of hydrogen-bond acceptors (Lipinski definition) is 4. The summed E-state index contributed by atoms with van der Waals surface area (Å²) in [4.78, 5) is 38.1. The number of carbonyl (C=O) groups is 3. The second kappa shape index (κ2) is 7.95. The highest BCUT2D eigenvalue weighted by Crippen LogP contribution is 2.20. The Bertz CT molecular complexity index is 600. The largest absolute Gasteiger partial charge is 0.467 e. The lowest BCUT2D eigenvalue weighted by molar-refractivity contribution is -0.145. The average molecular weight is 332 g/mol. The molecule has 1 aromatic carbocycles. The van der Waals surface area contributed by atoms with Crippen LogP contribution in [-0.4, -0.2) is 48.4 Å². The van der Waals surface area contributed by atoms with Crippen molar-refractivity contribution in [1.82, 2.24) is 10.2 Å². The van der Waals surface area contributed by atoms with E-state index >= 15 is 0 Å². The van der Waals surface area contributed by atoms with E-state index in [-0.39, 0.29) is 24.3 Å². The van der Waals surface area contributed by atoms with E-state index in [1.54, 1.807) is 4.90 Å². The van der Waals surface area contributed by atoms with Crippen molar-refractivity contribution in [1.29, 1.82) is 0 Å². The number of amides is 2. The molecule has 1 saturated heterocycles. The highest BCUT2D eigenvalue weighted by molar-refractivity contribution is 5.91. The zero-order valence-electron chi connectivity index (χ0n) is 14.3. The maximum absolute atomic E-state index is 12.5. The zero-order valence-corrected chi connectivity index (χ0v) is 14.3. The molecule has 0 unspecified atom stereocenters. The average Bonchev–Trinajstić information content (AvgIpc) is 2.96. The molecule has 0 radical (unpaired) electrons. The Labute approximate surface area is 142 Å². The summed E-state index contributed by atoms with van der Waals surface area (Å²) in [7, 11) is 1.30. The van der Waals surface area contributed by atoms with E-state index in [1.807, 2.05) is 44.2 Å². The van der Waals surface area contributed by atoms with Gasteiger partial charge in [-0.15, -0.1) is 0 Å². The summed E-state index contributed by atoms with van der Waals surface area (Å²) in [5.74, 6) is -1.22. The highest BCUT2D eigenvalue weighted by Gasteiger charge is 2.36. The summed E-state index contributed by atoms with van der Waals surface area (Å²) in [6.07, 6.45) is 0.539. The number of esters is 1. The minimum Gasteiger partial charge on any atom is -0.467 e. The molecule has 6 heteroatoms. The summed E-state index contributed by atoms with van der Waals surface area (Å²) in [5.41, 5.74) is 0.930. The number of likely N-dealkylation sites (tertiary alicyclic amines) is 1. The molecule has 24 heavy (non-hydrogen) atoms. The minimum absolute atomic E-state index is 0.0252. The van der Waals surface area contributed by atoms with Crippen LogP contribution in [0.15, 0.2) is 30.3 Å². The molecule has 2 amide bonds. The fraction of sp³-hybridized carbons (Fsp3) is 0.500. The van der Waals surface area contributed by atoms with Gasteiger partial charge in [-0.05, 0) is 19.4 Å². The molecule has 1 heterocycles. The number of nitrogens with one attached hydrogen (secondary N) is 1. The number of rotatable bonds is 6. The van der Waals surface area contributed by atoms with Gasteiger partial charge in [-0.2, -0.15) is 0 Å². The molecule has 1 fully saturated rings. The maximum Gasteiger partial charge on any atom is 0.328 e. The monoisotopic (exact) mass is 332 g/mol. The molecule has 0 aliphatic carbocycles. The van der Waals surface area contributed by atoms with Crippen LogP contribution in [0, 0.1) is 5.92 Å². The fourth-order valence-electron chi connectivity index (χ4n) is 2.88. The number of ether oxygens (including phenoxy) is 1. The Morgan fingerprint density at radius 2 is 1.96 bits per heavy atom. The van der Waals surface area contributed by atoms with Crippen LogP contribution in [0.1, 0.15) is 25.8 Å². The molecule has 6 nitrogen and oxygen atoms in total. The standard InChI is InChI=1S/C18H24N2O4/c1-12(2)20-11-14(10-16(20)21)17(22)19-15(18(23)24-3)9-13-7-5-4-6-8-13/h4-8,12,14-15H,9-11H2,1-3H3,(H,19,22)/t14-,15-/m0/s1. The van der Waals surface area contributed by atoms with Gasteiger partial charge in [0, 0.05) is 25.4 Å². The summed E-state index contributed by atoms with van der Waals surface area (Å²) < 4.78 is 4.80. The number of hydrogen-bond donors (Lipinski definition) is 1. The zero-order chi connectivity index (χ0) is 17.7. The smallest absolute Gasteiger partial charge is 0.328 e. The Morgan fingerprint density at radius 1 is 1.29 bits per heavy atom. The third-order valence-corrected chi connectivity index (χ3v) is 4.24. The Kier molecular flexibility index (Phi) is 5.95. The quantitative estimate of drug-likeness (QED) is 0.793. The van der Waals surface area contributed by atoms with Crippen LogP contribution in [0.25, 0.3) is 0 Å². The second-order valence-electron chi connectivity index (χ2n) is 6.31. The lowest BCUT2D eigenvalue weighted by Gasteiger charge is -2.22. The van der Waals surface area contributed by atoms with Gasteiger partial charge in [0.05, 0.1) is 13.0 Å². The van der Waals surface area contributed by atoms with E-state index in [1.165, 1.54) is 7.11 Å². The van der Waals surface area contributed by atoms with Gasteiger partial charge in [-0.3, -0.25) is 9.59 Å². The van der Waals surface area contributed by atoms with E-state index in [9.17, 15) is 14.4 Å². The molecule has 0 spiro atoms. The first-order valence-corrected chi connectivity index (χ1v) is 8.14. The van der Waals surface area contributed by atoms with Crippen LogP contribution >= 0.6 is 0 Å². The predicted molar refractivity (Wildman–Crippen MR) is 89.0 cm³/mol. The summed E-state index contributed by atoms with van der Waals surface area (Å²) in [6, 6.07) is 8.73. The molecule has 2 atom stereocenters. The van der Waals surface area contributed by atoms with E-state index in [2.05, 4.69) is 5.32 Å². The van der Waals surface area contributed by atoms with Gasteiger partial charge in [-0.1, -0.05) is 30.3 Å². The molecule has 1 aliphatic rings. The van der Waals surface area contributed by atoms with E-state index in [0.717, 1.165) is 5.56 Å². The lowest BCUT2D eigenvalue weighted by Crippen LogP contribution is -2.46. The van der Waals surface area contributed by atoms with Crippen molar-refractivity contribution < 1.29 is 19.1 Å². The number of carbonyl (C=O) groups excluding carboxylic acids is 3. The first-order valence-electron chi connectivity index (χ1n) is 8.14. The van der Waals surface area contributed by atoms with Gasteiger partial charge < -0.3 is 15.0 Å². The molecular formula is C18H24N2O4. The molecule has 2 rings (SSSR count). The van der Waals surface area contributed by atoms with Gasteiger partial charge in [0.25, 0.3) is 0 Å². The van der Waals surface area contributed by atoms with Crippen LogP contribution in [0.2, 0.25) is 0 Å². The molecule has 1 N–H and O–H groups in total. The maximum atomic E-state index is 12.5. The minimum atomic E-state index is -0.756. The Morgan fingerprint density at radius 3 is 2.50 bits per heavy atom. The van der Waals surface area contributed by atoms with Crippen molar-refractivity contribution in [3.8, 4) is 0 Å². The fourth-order valence-corrected chi connectivity index (χ4v) is 2.88. The van der Waals surface area contributed by atoms with Crippen molar-refractivity contribution in [3.63, 3.8) is 0 Å². The van der Waals surface area contributed by atoms with Gasteiger partial charge in [-0.25, -0.2) is 4.79 Å². The first-order chi connectivity index (χ1) is 11.4. The van der Waals surface area contributed by atoms with Crippen molar-refractivity contribution in [2.45, 2.75) is 38.8 Å². The highest BCUT2D eigenvalue weighted by atomic mass is 16.5. The molecule has 0 saturated carbocycles. The second-order valence-corrected chi connectivity index (χ2v) is 6.31. The van der Waals surface area contributed by atoms with Gasteiger partial charge in [0.2, 0.25) is 11.8 Å². The van der Waals surface area contributed by atoms with Crippen molar-refractivity contribution >= 4 is 17.8 Å². The van der Waals surface area contributed by atoms with E-state index < -0.39 is 17.9 Å². The molecular weight excluding hydrogens is 308 g/mol. The molecule has 1 aromatic rings. The number of methoxy groups -OCH3 is 1. The van der Waals surface area contributed by atoms with Crippen molar-refractivity contribution in [2.24, 2.45) is 5.92 Å². The van der Waals surface area contributed by atoms with Gasteiger partial charge >= 0.3 is 5.97 Å². The molecule has 0 aromatic heterocycles. The number of benzene rings is 1. The third kappa shape index (κ3) is 4.34. The summed E-state index contributed by atoms with van der Waals surface area (Å²) >= 11 is 0. The van der Waals surface area contributed by atoms with Crippen LogP contribution in [0.4, 0.5) is 0 Å². The topological polar surface area (TPSA) is 75.7 Å². The van der Waals surface area contributed by atoms with Crippen LogP contribution < -0.4 is 5.32 Å². The van der Waals surface area contributed by atoms with Gasteiger partial charge in [0.1, 0.15) is 6.04 Å². The Hall–Kier alpha value is -2.37. The SMILES string of the molecule is COC(=O)[C@H](Cc1ccccc1)NC(=O)[C@H]1CC(=O)N(C(C)C)C1. The molecule has 0 bridgehead atoms. The predicted octanol–water partition coefficient (Wildman–Crippen LogP) is 1.14. The van der Waals surface area contributed by atoms with Crippen LogP contribution in [0.5, 0.6) is 0 Å². The number of nitrogens with zero attached hydrogens (tertiary/aromatic N) is 1. The van der Waals surface area contributed by atoms with Gasteiger partial charge in [0.15, 0.2) is 0 Å². The van der Waals surface area contributed by atoms with Crippen LogP contribution in [0.3, 0.4) is 0 Å². The lowest BCUT2D eigenvalue weighted by atomic mass is 10.0. The van der Waals surface area contributed by atoms with Crippen molar-refractivity contribution in [3.05, 3.63) is 35.9 Å². The van der Waals surface area contributed by atoms with E-state index in [4.69, 9.17) is 4.74 Å². The van der Waals surface area contributed by atoms with Crippen LogP contribution in [-0.2, 0) is 25.5 Å². The molecule has 130 valence electrons. The first kappa shape index (κ1) is 18.0. The molecule has 1 aliphatic heterocycles. The summed E-state index contributed by atoms with van der Waals surface area (Å²) in [5, 5.41) is 2.75. The van der Waals surface area contributed by atoms with E-state index in [0.29, 0.717) is 13.0 Å². The van der Waals surface area contributed by atoms with Crippen molar-refractivity contribution in [2.75, 3.05) is 13.7 Å². The Balaban J connectivity index is 2.03. The third-order valence-electron chi connectivity index (χ3n) is 4.24. The normalized spacial score (nSPS) is 18.6.